The van der Waals surface area contributed by atoms with Gasteiger partial charge in [0.25, 0.3) is 0 Å². The van der Waals surface area contributed by atoms with Crippen LogP contribution in [-0.2, 0) is 9.59 Å². The fourth-order valence-electron chi connectivity index (χ4n) is 3.06. The van der Waals surface area contributed by atoms with Gasteiger partial charge >= 0.3 is 0 Å². The van der Waals surface area contributed by atoms with Crippen molar-refractivity contribution in [2.75, 3.05) is 28.6 Å². The quantitative estimate of drug-likeness (QED) is 0.712. The molecule has 5 heteroatoms. The zero-order valence-electron chi connectivity index (χ0n) is 16.8. The summed E-state index contributed by atoms with van der Waals surface area (Å²) in [5.74, 6) is -0.646. The van der Waals surface area contributed by atoms with Crippen LogP contribution in [0.4, 0.5) is 17.1 Å². The zero-order valence-corrected chi connectivity index (χ0v) is 16.8. The van der Waals surface area contributed by atoms with Gasteiger partial charge < -0.3 is 15.5 Å². The summed E-state index contributed by atoms with van der Waals surface area (Å²) in [4.78, 5) is 26.7. The molecule has 0 aromatic heterocycles. The maximum absolute atomic E-state index is 12.3. The van der Waals surface area contributed by atoms with E-state index >= 15 is 0 Å². The normalized spacial score (nSPS) is 10.4. The van der Waals surface area contributed by atoms with Crippen molar-refractivity contribution in [2.24, 2.45) is 0 Å². The molecule has 0 aliphatic rings. The van der Waals surface area contributed by atoms with Crippen molar-refractivity contribution in [3.8, 4) is 0 Å². The number of rotatable bonds is 7. The van der Waals surface area contributed by atoms with Gasteiger partial charge in [0.2, 0.25) is 11.8 Å². The highest BCUT2D eigenvalue weighted by molar-refractivity contribution is 6.08. The van der Waals surface area contributed by atoms with Crippen LogP contribution in [0.25, 0.3) is 0 Å². The fourth-order valence-corrected chi connectivity index (χ4v) is 3.06. The highest BCUT2D eigenvalue weighted by Gasteiger charge is 2.13. The van der Waals surface area contributed by atoms with E-state index in [9.17, 15) is 9.59 Å². The third kappa shape index (κ3) is 5.58. The number of hydrogen-bond donors (Lipinski definition) is 2. The van der Waals surface area contributed by atoms with Crippen LogP contribution in [0.1, 0.15) is 37.0 Å². The molecule has 0 atom stereocenters. The molecular weight excluding hydrogens is 338 g/mol. The largest absolute Gasteiger partial charge is 0.372 e. The van der Waals surface area contributed by atoms with E-state index in [1.54, 1.807) is 0 Å². The van der Waals surface area contributed by atoms with E-state index in [0.29, 0.717) is 0 Å². The molecule has 27 heavy (non-hydrogen) atoms. The SMILES string of the molecule is CCN(CC)c1ccc(NC(=O)CC(=O)Nc2ccc(C)cc2C)c(C)c1. The topological polar surface area (TPSA) is 61.4 Å². The minimum absolute atomic E-state index is 0.218. The summed E-state index contributed by atoms with van der Waals surface area (Å²) in [7, 11) is 0. The van der Waals surface area contributed by atoms with Crippen molar-refractivity contribution in [3.05, 3.63) is 53.1 Å². The Morgan fingerprint density at radius 2 is 1.33 bits per heavy atom. The van der Waals surface area contributed by atoms with Crippen molar-refractivity contribution >= 4 is 28.9 Å². The molecule has 0 heterocycles. The van der Waals surface area contributed by atoms with Crippen LogP contribution in [0.2, 0.25) is 0 Å². The van der Waals surface area contributed by atoms with Gasteiger partial charge in [0.05, 0.1) is 0 Å². The first-order valence-electron chi connectivity index (χ1n) is 9.36. The molecule has 2 aromatic rings. The summed E-state index contributed by atoms with van der Waals surface area (Å²) in [5, 5.41) is 5.64. The molecule has 0 aliphatic carbocycles. The summed E-state index contributed by atoms with van der Waals surface area (Å²) in [6.07, 6.45) is -0.218. The number of amides is 2. The number of nitrogens with zero attached hydrogens (tertiary/aromatic N) is 1. The van der Waals surface area contributed by atoms with E-state index in [0.717, 1.165) is 46.8 Å². The molecular formula is C22H29N3O2. The number of nitrogens with one attached hydrogen (secondary N) is 2. The molecule has 0 saturated heterocycles. The summed E-state index contributed by atoms with van der Waals surface area (Å²) in [5.41, 5.74) is 5.68. The van der Waals surface area contributed by atoms with Crippen LogP contribution in [0.15, 0.2) is 36.4 Å². The van der Waals surface area contributed by atoms with Crippen LogP contribution in [0.3, 0.4) is 0 Å². The lowest BCUT2D eigenvalue weighted by molar-refractivity contribution is -0.123. The second kappa shape index (κ2) is 9.21. The fraction of sp³-hybridized carbons (Fsp3) is 0.364. The van der Waals surface area contributed by atoms with E-state index in [2.05, 4.69) is 35.4 Å². The van der Waals surface area contributed by atoms with Crippen LogP contribution >= 0.6 is 0 Å². The molecule has 0 spiro atoms. The Labute approximate surface area is 161 Å². The Morgan fingerprint density at radius 3 is 1.81 bits per heavy atom. The highest BCUT2D eigenvalue weighted by atomic mass is 16.2. The first-order valence-corrected chi connectivity index (χ1v) is 9.36. The van der Waals surface area contributed by atoms with Crippen molar-refractivity contribution < 1.29 is 9.59 Å². The highest BCUT2D eigenvalue weighted by Crippen LogP contribution is 2.23. The average molecular weight is 367 g/mol. The lowest BCUT2D eigenvalue weighted by Gasteiger charge is -2.22. The number of anilines is 3. The van der Waals surface area contributed by atoms with E-state index < -0.39 is 0 Å². The maximum atomic E-state index is 12.3. The van der Waals surface area contributed by atoms with Crippen molar-refractivity contribution in [3.63, 3.8) is 0 Å². The molecule has 0 fully saturated rings. The van der Waals surface area contributed by atoms with Gasteiger partial charge in [-0.25, -0.2) is 0 Å². The molecule has 0 unspecified atom stereocenters. The number of benzene rings is 2. The van der Waals surface area contributed by atoms with E-state index in [1.807, 2.05) is 51.1 Å². The molecule has 5 nitrogen and oxygen atoms in total. The molecule has 2 amide bonds. The van der Waals surface area contributed by atoms with Gasteiger partial charge in [0, 0.05) is 30.2 Å². The molecule has 0 bridgehead atoms. The second-order valence-corrected chi connectivity index (χ2v) is 6.76. The van der Waals surface area contributed by atoms with Crippen LogP contribution in [-0.4, -0.2) is 24.9 Å². The van der Waals surface area contributed by atoms with E-state index in [1.165, 1.54) is 0 Å². The van der Waals surface area contributed by atoms with Crippen LogP contribution in [0, 0.1) is 20.8 Å². The van der Waals surface area contributed by atoms with E-state index in [-0.39, 0.29) is 18.2 Å². The average Bonchev–Trinajstić information content (AvgIpc) is 2.60. The van der Waals surface area contributed by atoms with Gasteiger partial charge in [-0.05, 0) is 70.0 Å². The van der Waals surface area contributed by atoms with Crippen molar-refractivity contribution in [1.82, 2.24) is 0 Å². The van der Waals surface area contributed by atoms with Gasteiger partial charge in [-0.2, -0.15) is 0 Å². The Balaban J connectivity index is 1.97. The molecule has 2 N–H and O–H groups in total. The predicted octanol–water partition coefficient (Wildman–Crippen LogP) is 4.43. The second-order valence-electron chi connectivity index (χ2n) is 6.76. The standard InChI is InChI=1S/C22H29N3O2/c1-6-25(7-2)18-9-11-20(17(5)13-18)24-22(27)14-21(26)23-19-10-8-15(3)12-16(19)4/h8-13H,6-7,14H2,1-5H3,(H,23,26)(H,24,27). The van der Waals surface area contributed by atoms with Crippen molar-refractivity contribution in [1.29, 1.82) is 0 Å². The van der Waals surface area contributed by atoms with Crippen molar-refractivity contribution in [2.45, 2.75) is 41.0 Å². The number of carbonyl (C=O) groups excluding carboxylic acids is 2. The predicted molar refractivity (Wildman–Crippen MR) is 113 cm³/mol. The Morgan fingerprint density at radius 1 is 0.815 bits per heavy atom. The van der Waals surface area contributed by atoms with E-state index in [4.69, 9.17) is 0 Å². The molecule has 0 saturated carbocycles. The lowest BCUT2D eigenvalue weighted by atomic mass is 10.1. The third-order valence-electron chi connectivity index (χ3n) is 4.59. The number of hydrogen-bond acceptors (Lipinski definition) is 3. The maximum Gasteiger partial charge on any atom is 0.233 e. The smallest absolute Gasteiger partial charge is 0.233 e. The Kier molecular flexibility index (Phi) is 6.99. The first-order chi connectivity index (χ1) is 12.8. The van der Waals surface area contributed by atoms with Crippen LogP contribution in [0.5, 0.6) is 0 Å². The summed E-state index contributed by atoms with van der Waals surface area (Å²) in [6.45, 7) is 12.0. The minimum Gasteiger partial charge on any atom is -0.372 e. The minimum atomic E-state index is -0.323. The molecule has 144 valence electrons. The van der Waals surface area contributed by atoms with Gasteiger partial charge in [-0.1, -0.05) is 17.7 Å². The first kappa shape index (κ1) is 20.5. The summed E-state index contributed by atoms with van der Waals surface area (Å²) >= 11 is 0. The molecule has 0 radical (unpaired) electrons. The molecule has 2 rings (SSSR count). The molecule has 2 aromatic carbocycles. The monoisotopic (exact) mass is 367 g/mol. The lowest BCUT2D eigenvalue weighted by Crippen LogP contribution is -2.23. The summed E-state index contributed by atoms with van der Waals surface area (Å²) in [6, 6.07) is 11.7. The van der Waals surface area contributed by atoms with Gasteiger partial charge in [0.15, 0.2) is 0 Å². The summed E-state index contributed by atoms with van der Waals surface area (Å²) < 4.78 is 0. The van der Waals surface area contributed by atoms with Crippen LogP contribution < -0.4 is 15.5 Å². The van der Waals surface area contributed by atoms with Gasteiger partial charge in [-0.3, -0.25) is 9.59 Å². The third-order valence-corrected chi connectivity index (χ3v) is 4.59. The Bertz CT molecular complexity index is 826. The molecule has 0 aliphatic heterocycles. The number of aryl methyl sites for hydroxylation is 3. The van der Waals surface area contributed by atoms with Gasteiger partial charge in [-0.15, -0.1) is 0 Å². The van der Waals surface area contributed by atoms with Gasteiger partial charge in [0.1, 0.15) is 6.42 Å². The number of carbonyl (C=O) groups is 2. The Hall–Kier alpha value is -2.82. The zero-order chi connectivity index (χ0) is 20.0.